The molecule has 3 rings (SSSR count). The van der Waals surface area contributed by atoms with Crippen LogP contribution >= 0.6 is 15.9 Å². The number of ether oxygens (including phenoxy) is 1. The van der Waals surface area contributed by atoms with E-state index < -0.39 is 28.5 Å². The number of amides is 2. The largest absolute Gasteiger partial charge is 0.494 e. The lowest BCUT2D eigenvalue weighted by Gasteiger charge is -2.32. The molecule has 0 heterocycles. The summed E-state index contributed by atoms with van der Waals surface area (Å²) in [4.78, 5) is 28.3. The summed E-state index contributed by atoms with van der Waals surface area (Å²) in [6.07, 6.45) is 0.751. The van der Waals surface area contributed by atoms with Gasteiger partial charge in [-0.15, -0.1) is 0 Å². The Labute approximate surface area is 245 Å². The van der Waals surface area contributed by atoms with E-state index in [1.54, 1.807) is 43.3 Å². The molecular formula is C30H36BrN3O5S. The standard InChI is InChI=1S/C30H36BrN3O5S/c1-5-19-32-30(36)23(4)33(20-24-9-7-22(3)8-10-24)29(35)21-34(26-13-15-27(16-14-26)39-6-2)40(37,38)28-17-11-25(31)12-18-28/h7-18,23H,5-6,19-21H2,1-4H3,(H,32,36)/t23-/m0/s1. The van der Waals surface area contributed by atoms with Crippen LogP contribution in [-0.2, 0) is 26.2 Å². The molecule has 2 amide bonds. The molecule has 0 saturated heterocycles. The molecule has 0 aliphatic rings. The van der Waals surface area contributed by atoms with Gasteiger partial charge in [0.05, 0.1) is 17.2 Å². The van der Waals surface area contributed by atoms with Gasteiger partial charge in [-0.25, -0.2) is 8.42 Å². The van der Waals surface area contributed by atoms with Gasteiger partial charge in [0.15, 0.2) is 0 Å². The molecule has 214 valence electrons. The Kier molecular flexibility index (Phi) is 11.2. The molecule has 0 fully saturated rings. The van der Waals surface area contributed by atoms with Crippen LogP contribution in [0, 0.1) is 6.92 Å². The second-order valence-corrected chi connectivity index (χ2v) is 12.1. The van der Waals surface area contributed by atoms with Crippen molar-refractivity contribution >= 4 is 43.5 Å². The minimum atomic E-state index is -4.14. The van der Waals surface area contributed by atoms with Gasteiger partial charge < -0.3 is 15.0 Å². The lowest BCUT2D eigenvalue weighted by atomic mass is 10.1. The molecule has 0 spiro atoms. The molecule has 3 aromatic rings. The second-order valence-electron chi connectivity index (χ2n) is 9.37. The zero-order chi connectivity index (χ0) is 29.3. The maximum atomic E-state index is 13.9. The average molecular weight is 631 g/mol. The second kappa shape index (κ2) is 14.3. The number of benzene rings is 3. The van der Waals surface area contributed by atoms with E-state index in [2.05, 4.69) is 21.2 Å². The fraction of sp³-hybridized carbons (Fsp3) is 0.333. The third-order valence-corrected chi connectivity index (χ3v) is 8.62. The summed E-state index contributed by atoms with van der Waals surface area (Å²) in [5.41, 5.74) is 2.20. The number of sulfonamides is 1. The van der Waals surface area contributed by atoms with Crippen molar-refractivity contribution in [1.82, 2.24) is 10.2 Å². The molecule has 0 bridgehead atoms. The molecule has 1 N–H and O–H groups in total. The summed E-state index contributed by atoms with van der Waals surface area (Å²) in [6.45, 7) is 8.02. The molecule has 3 aromatic carbocycles. The van der Waals surface area contributed by atoms with Gasteiger partial charge in [0.25, 0.3) is 10.0 Å². The van der Waals surface area contributed by atoms with Crippen molar-refractivity contribution in [2.24, 2.45) is 0 Å². The first-order valence-corrected chi connectivity index (χ1v) is 15.4. The van der Waals surface area contributed by atoms with Crippen LogP contribution in [0.5, 0.6) is 5.75 Å². The SMILES string of the molecule is CCCNC(=O)[C@H](C)N(Cc1ccc(C)cc1)C(=O)CN(c1ccc(OCC)cc1)S(=O)(=O)c1ccc(Br)cc1. The number of carbonyl (C=O) groups excluding carboxylic acids is 2. The van der Waals surface area contributed by atoms with Gasteiger partial charge in [-0.05, 0) is 81.3 Å². The van der Waals surface area contributed by atoms with Crippen LogP contribution in [0.15, 0.2) is 82.2 Å². The zero-order valence-electron chi connectivity index (χ0n) is 23.3. The highest BCUT2D eigenvalue weighted by molar-refractivity contribution is 9.10. The van der Waals surface area contributed by atoms with E-state index in [-0.39, 0.29) is 17.3 Å². The maximum absolute atomic E-state index is 13.9. The number of anilines is 1. The Bertz CT molecular complexity index is 1380. The van der Waals surface area contributed by atoms with Crippen molar-refractivity contribution in [3.8, 4) is 5.75 Å². The Hall–Kier alpha value is -3.37. The quantitative estimate of drug-likeness (QED) is 0.277. The lowest BCUT2D eigenvalue weighted by molar-refractivity contribution is -0.139. The molecule has 0 unspecified atom stereocenters. The van der Waals surface area contributed by atoms with E-state index in [4.69, 9.17) is 4.74 Å². The highest BCUT2D eigenvalue weighted by atomic mass is 79.9. The van der Waals surface area contributed by atoms with E-state index in [1.807, 2.05) is 45.0 Å². The average Bonchev–Trinajstić information content (AvgIpc) is 2.94. The van der Waals surface area contributed by atoms with Gasteiger partial charge >= 0.3 is 0 Å². The first kappa shape index (κ1) is 31.2. The first-order valence-electron chi connectivity index (χ1n) is 13.2. The van der Waals surface area contributed by atoms with Crippen molar-refractivity contribution in [3.63, 3.8) is 0 Å². The molecule has 40 heavy (non-hydrogen) atoms. The molecule has 8 nitrogen and oxygen atoms in total. The van der Waals surface area contributed by atoms with Crippen LogP contribution in [0.1, 0.15) is 38.3 Å². The number of nitrogens with zero attached hydrogens (tertiary/aromatic N) is 2. The van der Waals surface area contributed by atoms with Crippen molar-refractivity contribution < 1.29 is 22.7 Å². The van der Waals surface area contributed by atoms with Crippen LogP contribution in [0.25, 0.3) is 0 Å². The van der Waals surface area contributed by atoms with Crippen molar-refractivity contribution in [1.29, 1.82) is 0 Å². The summed E-state index contributed by atoms with van der Waals surface area (Å²) in [5, 5.41) is 2.84. The van der Waals surface area contributed by atoms with E-state index >= 15 is 0 Å². The molecule has 1 atom stereocenters. The summed E-state index contributed by atoms with van der Waals surface area (Å²) in [5.74, 6) is -0.222. The molecule has 0 aliphatic heterocycles. The number of hydrogen-bond acceptors (Lipinski definition) is 5. The van der Waals surface area contributed by atoms with Crippen LogP contribution in [0.2, 0.25) is 0 Å². The minimum Gasteiger partial charge on any atom is -0.494 e. The summed E-state index contributed by atoms with van der Waals surface area (Å²) in [6, 6.07) is 19.6. The van der Waals surface area contributed by atoms with Crippen molar-refractivity contribution in [2.75, 3.05) is 24.0 Å². The highest BCUT2D eigenvalue weighted by Crippen LogP contribution is 2.27. The van der Waals surface area contributed by atoms with Crippen molar-refractivity contribution in [2.45, 2.75) is 51.6 Å². The van der Waals surface area contributed by atoms with E-state index in [0.29, 0.717) is 24.6 Å². The topological polar surface area (TPSA) is 96.0 Å². The molecule has 10 heteroatoms. The van der Waals surface area contributed by atoms with Gasteiger partial charge in [0, 0.05) is 17.6 Å². The highest BCUT2D eigenvalue weighted by Gasteiger charge is 2.32. The molecule has 0 radical (unpaired) electrons. The van der Waals surface area contributed by atoms with Gasteiger partial charge in [-0.1, -0.05) is 52.7 Å². The zero-order valence-corrected chi connectivity index (χ0v) is 25.7. The predicted molar refractivity (Wildman–Crippen MR) is 161 cm³/mol. The van der Waals surface area contributed by atoms with Gasteiger partial charge in [-0.2, -0.15) is 0 Å². The fourth-order valence-electron chi connectivity index (χ4n) is 4.01. The van der Waals surface area contributed by atoms with Gasteiger partial charge in [-0.3, -0.25) is 13.9 Å². The maximum Gasteiger partial charge on any atom is 0.264 e. The van der Waals surface area contributed by atoms with Crippen LogP contribution < -0.4 is 14.4 Å². The normalized spacial score (nSPS) is 11.9. The smallest absolute Gasteiger partial charge is 0.264 e. The Balaban J connectivity index is 2.01. The van der Waals surface area contributed by atoms with Gasteiger partial charge in [0.1, 0.15) is 18.3 Å². The third kappa shape index (κ3) is 8.08. The fourth-order valence-corrected chi connectivity index (χ4v) is 5.69. The summed E-state index contributed by atoms with van der Waals surface area (Å²) >= 11 is 3.34. The lowest BCUT2D eigenvalue weighted by Crippen LogP contribution is -2.51. The Morgan fingerprint density at radius 2 is 1.57 bits per heavy atom. The van der Waals surface area contributed by atoms with E-state index in [9.17, 15) is 18.0 Å². The number of aryl methyl sites for hydroxylation is 1. The third-order valence-electron chi connectivity index (χ3n) is 6.31. The minimum absolute atomic E-state index is 0.0382. The molecular weight excluding hydrogens is 594 g/mol. The van der Waals surface area contributed by atoms with E-state index in [1.165, 1.54) is 17.0 Å². The van der Waals surface area contributed by atoms with Gasteiger partial charge in [0.2, 0.25) is 11.8 Å². The predicted octanol–water partition coefficient (Wildman–Crippen LogP) is 5.30. The monoisotopic (exact) mass is 629 g/mol. The van der Waals surface area contributed by atoms with E-state index in [0.717, 1.165) is 26.3 Å². The van der Waals surface area contributed by atoms with Crippen LogP contribution in [0.4, 0.5) is 5.69 Å². The molecule has 0 saturated carbocycles. The number of hydrogen-bond donors (Lipinski definition) is 1. The first-order chi connectivity index (χ1) is 19.1. The van der Waals surface area contributed by atoms with Crippen molar-refractivity contribution in [3.05, 3.63) is 88.4 Å². The number of rotatable bonds is 13. The number of halogens is 1. The summed E-state index contributed by atoms with van der Waals surface area (Å²) < 4.78 is 35.1. The molecule has 0 aromatic heterocycles. The Morgan fingerprint density at radius 1 is 0.950 bits per heavy atom. The Morgan fingerprint density at radius 3 is 2.15 bits per heavy atom. The summed E-state index contributed by atoms with van der Waals surface area (Å²) in [7, 11) is -4.14. The number of carbonyl (C=O) groups is 2. The van der Waals surface area contributed by atoms with Crippen LogP contribution in [0.3, 0.4) is 0 Å². The van der Waals surface area contributed by atoms with Crippen LogP contribution in [-0.4, -0.2) is 50.9 Å². The molecule has 0 aliphatic carbocycles. The number of nitrogens with one attached hydrogen (secondary N) is 1.